The SMILES string of the molecule is O=C(O)CCC1CCN(C(=O)C(O)c2ccccc2)C1. The molecule has 108 valence electrons. The van der Waals surface area contributed by atoms with Crippen LogP contribution in [0.4, 0.5) is 0 Å². The van der Waals surface area contributed by atoms with Crippen molar-refractivity contribution in [3.8, 4) is 0 Å². The fourth-order valence-electron chi connectivity index (χ4n) is 2.55. The van der Waals surface area contributed by atoms with Crippen LogP contribution in [0.25, 0.3) is 0 Å². The van der Waals surface area contributed by atoms with Crippen LogP contribution in [0, 0.1) is 5.92 Å². The van der Waals surface area contributed by atoms with Crippen molar-refractivity contribution in [3.63, 3.8) is 0 Å². The van der Waals surface area contributed by atoms with Gasteiger partial charge < -0.3 is 15.1 Å². The average Bonchev–Trinajstić information content (AvgIpc) is 2.93. The molecule has 1 aliphatic rings. The minimum absolute atomic E-state index is 0.133. The van der Waals surface area contributed by atoms with E-state index in [0.29, 0.717) is 25.1 Å². The predicted molar refractivity (Wildman–Crippen MR) is 73.0 cm³/mol. The van der Waals surface area contributed by atoms with Crippen LogP contribution >= 0.6 is 0 Å². The lowest BCUT2D eigenvalue weighted by Crippen LogP contribution is -2.33. The summed E-state index contributed by atoms with van der Waals surface area (Å²) in [7, 11) is 0. The first kappa shape index (κ1) is 14.5. The van der Waals surface area contributed by atoms with Gasteiger partial charge in [0.15, 0.2) is 6.10 Å². The Morgan fingerprint density at radius 1 is 1.30 bits per heavy atom. The molecule has 2 rings (SSSR count). The fourth-order valence-corrected chi connectivity index (χ4v) is 2.55. The molecule has 1 saturated heterocycles. The molecule has 1 amide bonds. The van der Waals surface area contributed by atoms with E-state index in [-0.39, 0.29) is 18.2 Å². The first-order chi connectivity index (χ1) is 9.58. The zero-order chi connectivity index (χ0) is 14.5. The van der Waals surface area contributed by atoms with E-state index in [0.717, 1.165) is 6.42 Å². The van der Waals surface area contributed by atoms with Crippen molar-refractivity contribution in [2.75, 3.05) is 13.1 Å². The van der Waals surface area contributed by atoms with Gasteiger partial charge in [0, 0.05) is 19.5 Å². The maximum absolute atomic E-state index is 12.2. The van der Waals surface area contributed by atoms with Crippen LogP contribution in [0.2, 0.25) is 0 Å². The number of benzene rings is 1. The van der Waals surface area contributed by atoms with Crippen molar-refractivity contribution in [3.05, 3.63) is 35.9 Å². The van der Waals surface area contributed by atoms with Crippen molar-refractivity contribution in [1.82, 2.24) is 4.90 Å². The molecule has 0 radical (unpaired) electrons. The molecule has 20 heavy (non-hydrogen) atoms. The molecular weight excluding hydrogens is 258 g/mol. The first-order valence-corrected chi connectivity index (χ1v) is 6.81. The highest BCUT2D eigenvalue weighted by atomic mass is 16.4. The molecule has 0 spiro atoms. The highest BCUT2D eigenvalue weighted by molar-refractivity contribution is 5.82. The summed E-state index contributed by atoms with van der Waals surface area (Å²) in [4.78, 5) is 24.4. The molecule has 1 aromatic carbocycles. The van der Waals surface area contributed by atoms with E-state index in [1.54, 1.807) is 29.2 Å². The molecule has 1 fully saturated rings. The number of carbonyl (C=O) groups excluding carboxylic acids is 1. The molecule has 2 unspecified atom stereocenters. The third-order valence-electron chi connectivity index (χ3n) is 3.71. The summed E-state index contributed by atoms with van der Waals surface area (Å²) in [5.41, 5.74) is 0.589. The highest BCUT2D eigenvalue weighted by Gasteiger charge is 2.30. The van der Waals surface area contributed by atoms with Gasteiger partial charge in [-0.05, 0) is 24.3 Å². The molecule has 0 aliphatic carbocycles. The maximum Gasteiger partial charge on any atom is 0.303 e. The standard InChI is InChI=1S/C15H19NO4/c17-13(18)7-6-11-8-9-16(10-11)15(20)14(19)12-4-2-1-3-5-12/h1-5,11,14,19H,6-10H2,(H,17,18). The largest absolute Gasteiger partial charge is 0.481 e. The number of likely N-dealkylation sites (tertiary alicyclic amines) is 1. The number of hydrogen-bond acceptors (Lipinski definition) is 3. The number of amides is 1. The zero-order valence-electron chi connectivity index (χ0n) is 11.2. The van der Waals surface area contributed by atoms with Crippen LogP contribution in [0.1, 0.15) is 30.9 Å². The van der Waals surface area contributed by atoms with Crippen LogP contribution in [0.5, 0.6) is 0 Å². The van der Waals surface area contributed by atoms with Crippen molar-refractivity contribution in [1.29, 1.82) is 0 Å². The molecule has 5 nitrogen and oxygen atoms in total. The number of rotatable bonds is 5. The van der Waals surface area contributed by atoms with Gasteiger partial charge in [-0.15, -0.1) is 0 Å². The van der Waals surface area contributed by atoms with E-state index in [1.807, 2.05) is 6.07 Å². The fraction of sp³-hybridized carbons (Fsp3) is 0.467. The first-order valence-electron chi connectivity index (χ1n) is 6.81. The summed E-state index contributed by atoms with van der Waals surface area (Å²) in [5.74, 6) is -0.883. The maximum atomic E-state index is 12.2. The third kappa shape index (κ3) is 3.57. The Morgan fingerprint density at radius 2 is 2.00 bits per heavy atom. The molecule has 0 saturated carbocycles. The summed E-state index contributed by atoms with van der Waals surface area (Å²) in [6, 6.07) is 8.84. The highest BCUT2D eigenvalue weighted by Crippen LogP contribution is 2.24. The predicted octanol–water partition coefficient (Wildman–Crippen LogP) is 1.43. The number of aliphatic carboxylic acids is 1. The molecule has 1 heterocycles. The number of aliphatic hydroxyl groups is 1. The van der Waals surface area contributed by atoms with Gasteiger partial charge in [-0.25, -0.2) is 0 Å². The number of hydrogen-bond donors (Lipinski definition) is 2. The van der Waals surface area contributed by atoms with Crippen LogP contribution in [0.15, 0.2) is 30.3 Å². The summed E-state index contributed by atoms with van der Waals surface area (Å²) >= 11 is 0. The quantitative estimate of drug-likeness (QED) is 0.853. The summed E-state index contributed by atoms with van der Waals surface area (Å²) in [6.45, 7) is 1.13. The van der Waals surface area contributed by atoms with Gasteiger partial charge in [-0.3, -0.25) is 9.59 Å². The van der Waals surface area contributed by atoms with E-state index in [1.165, 1.54) is 0 Å². The van der Waals surface area contributed by atoms with Crippen LogP contribution in [-0.4, -0.2) is 40.1 Å². The summed E-state index contributed by atoms with van der Waals surface area (Å²) in [6.07, 6.45) is 0.393. The molecule has 1 aromatic rings. The Bertz CT molecular complexity index is 474. The third-order valence-corrected chi connectivity index (χ3v) is 3.71. The Hall–Kier alpha value is -1.88. The van der Waals surface area contributed by atoms with E-state index in [9.17, 15) is 14.7 Å². The van der Waals surface area contributed by atoms with Crippen molar-refractivity contribution < 1.29 is 19.8 Å². The molecule has 0 bridgehead atoms. The summed E-state index contributed by atoms with van der Waals surface area (Å²) in [5, 5.41) is 18.7. The Kier molecular flexibility index (Phi) is 4.74. The molecular formula is C15H19NO4. The van der Waals surface area contributed by atoms with E-state index < -0.39 is 12.1 Å². The molecule has 1 aliphatic heterocycles. The minimum Gasteiger partial charge on any atom is -0.481 e. The Morgan fingerprint density at radius 3 is 2.65 bits per heavy atom. The average molecular weight is 277 g/mol. The second-order valence-corrected chi connectivity index (χ2v) is 5.18. The topological polar surface area (TPSA) is 77.8 Å². The van der Waals surface area contributed by atoms with Crippen molar-refractivity contribution in [2.24, 2.45) is 5.92 Å². The zero-order valence-corrected chi connectivity index (χ0v) is 11.2. The van der Waals surface area contributed by atoms with Gasteiger partial charge in [0.05, 0.1) is 0 Å². The lowest BCUT2D eigenvalue weighted by Gasteiger charge is -2.20. The number of carboxylic acid groups (broad SMARTS) is 1. The second-order valence-electron chi connectivity index (χ2n) is 5.18. The second kappa shape index (κ2) is 6.52. The smallest absolute Gasteiger partial charge is 0.303 e. The Balaban J connectivity index is 1.89. The molecule has 2 N–H and O–H groups in total. The number of carbonyl (C=O) groups is 2. The van der Waals surface area contributed by atoms with Gasteiger partial charge in [-0.1, -0.05) is 30.3 Å². The molecule has 2 atom stereocenters. The van der Waals surface area contributed by atoms with E-state index >= 15 is 0 Å². The van der Waals surface area contributed by atoms with E-state index in [2.05, 4.69) is 0 Å². The lowest BCUT2D eigenvalue weighted by atomic mass is 10.0. The summed E-state index contributed by atoms with van der Waals surface area (Å²) < 4.78 is 0. The molecule has 5 heteroatoms. The number of carboxylic acids is 1. The van der Waals surface area contributed by atoms with E-state index in [4.69, 9.17) is 5.11 Å². The minimum atomic E-state index is -1.13. The Labute approximate surface area is 117 Å². The van der Waals surface area contributed by atoms with Gasteiger partial charge in [0.2, 0.25) is 0 Å². The van der Waals surface area contributed by atoms with Crippen LogP contribution in [-0.2, 0) is 9.59 Å². The van der Waals surface area contributed by atoms with Gasteiger partial charge in [0.25, 0.3) is 5.91 Å². The number of nitrogens with zero attached hydrogens (tertiary/aromatic N) is 1. The number of aliphatic hydroxyl groups excluding tert-OH is 1. The van der Waals surface area contributed by atoms with Gasteiger partial charge in [0.1, 0.15) is 0 Å². The van der Waals surface area contributed by atoms with Crippen LogP contribution < -0.4 is 0 Å². The van der Waals surface area contributed by atoms with Crippen molar-refractivity contribution in [2.45, 2.75) is 25.4 Å². The molecule has 0 aromatic heterocycles. The van der Waals surface area contributed by atoms with Gasteiger partial charge in [-0.2, -0.15) is 0 Å². The monoisotopic (exact) mass is 277 g/mol. The van der Waals surface area contributed by atoms with Crippen molar-refractivity contribution >= 4 is 11.9 Å². The van der Waals surface area contributed by atoms with Crippen LogP contribution in [0.3, 0.4) is 0 Å². The normalized spacial score (nSPS) is 19.9. The van der Waals surface area contributed by atoms with Gasteiger partial charge >= 0.3 is 5.97 Å². The lowest BCUT2D eigenvalue weighted by molar-refractivity contribution is -0.139.